The molecule has 0 atom stereocenters. The number of benzene rings is 3. The first-order chi connectivity index (χ1) is 14.7. The molecular formula is C18H17N3O8S3. The molecular weight excluding hydrogens is 482 g/mol. The number of fused-ring (bicyclic) bond motifs is 1. The summed E-state index contributed by atoms with van der Waals surface area (Å²) in [5, 5.41) is 7.57. The van der Waals surface area contributed by atoms with Gasteiger partial charge in [0.05, 0.1) is 26.9 Å². The first-order valence-corrected chi connectivity index (χ1v) is 13.3. The van der Waals surface area contributed by atoms with E-state index in [4.69, 9.17) is 5.73 Å². The average Bonchev–Trinajstić information content (AvgIpc) is 2.72. The zero-order chi connectivity index (χ0) is 23.9. The number of anilines is 1. The van der Waals surface area contributed by atoms with Gasteiger partial charge in [0.15, 0.2) is 9.84 Å². The van der Waals surface area contributed by atoms with Gasteiger partial charge in [0.25, 0.3) is 20.2 Å². The van der Waals surface area contributed by atoms with E-state index in [-0.39, 0.29) is 38.5 Å². The van der Waals surface area contributed by atoms with E-state index >= 15 is 0 Å². The Bertz CT molecular complexity index is 1560. The lowest BCUT2D eigenvalue weighted by Gasteiger charge is -2.10. The Morgan fingerprint density at radius 3 is 1.91 bits per heavy atom. The summed E-state index contributed by atoms with van der Waals surface area (Å²) in [6.45, 7) is 1.51. The topological polar surface area (TPSA) is 194 Å². The molecule has 0 spiro atoms. The Morgan fingerprint density at radius 1 is 0.781 bits per heavy atom. The zero-order valence-electron chi connectivity index (χ0n) is 16.4. The smallest absolute Gasteiger partial charge is 0.295 e. The van der Waals surface area contributed by atoms with Crippen molar-refractivity contribution in [1.29, 1.82) is 0 Å². The van der Waals surface area contributed by atoms with E-state index in [2.05, 4.69) is 10.2 Å². The summed E-state index contributed by atoms with van der Waals surface area (Å²) in [5.41, 5.74) is 5.88. The Balaban J connectivity index is 2.17. The molecule has 0 fully saturated rings. The highest BCUT2D eigenvalue weighted by Gasteiger charge is 2.21. The van der Waals surface area contributed by atoms with Crippen molar-refractivity contribution in [1.82, 2.24) is 0 Å². The van der Waals surface area contributed by atoms with Gasteiger partial charge in [-0.15, -0.1) is 5.11 Å². The van der Waals surface area contributed by atoms with Gasteiger partial charge in [0, 0.05) is 10.8 Å². The van der Waals surface area contributed by atoms with Crippen molar-refractivity contribution in [2.75, 3.05) is 11.5 Å². The van der Waals surface area contributed by atoms with Crippen LogP contribution in [0.5, 0.6) is 0 Å². The molecule has 3 rings (SSSR count). The standard InChI is InChI=1S/C18H17N3O8S3/c1-2-30(22,23)12-5-3-11(4-6-12)20-21-16-10-17(32(27,28)29)14-8-7-13(31(24,25)26)9-15(14)18(16)19/h3-10H,2,19H2,1H3,(H,24,25,26)(H,27,28,29). The summed E-state index contributed by atoms with van der Waals surface area (Å²) in [6.07, 6.45) is 0. The number of sulfone groups is 1. The third kappa shape index (κ3) is 4.78. The van der Waals surface area contributed by atoms with Gasteiger partial charge in [-0.3, -0.25) is 9.11 Å². The number of hydrogen-bond donors (Lipinski definition) is 3. The average molecular weight is 500 g/mol. The number of nitrogens with two attached hydrogens (primary N) is 1. The molecule has 170 valence electrons. The van der Waals surface area contributed by atoms with Gasteiger partial charge in [-0.1, -0.05) is 13.0 Å². The third-order valence-electron chi connectivity index (χ3n) is 4.52. The monoisotopic (exact) mass is 499 g/mol. The van der Waals surface area contributed by atoms with Crippen molar-refractivity contribution in [3.63, 3.8) is 0 Å². The van der Waals surface area contributed by atoms with Crippen LogP contribution in [-0.2, 0) is 30.1 Å². The molecule has 0 saturated heterocycles. The second-order valence-corrected chi connectivity index (χ2v) is 11.7. The van der Waals surface area contributed by atoms with Crippen LogP contribution in [-0.4, -0.2) is 40.1 Å². The summed E-state index contributed by atoms with van der Waals surface area (Å²) < 4.78 is 89.2. The maximum Gasteiger partial charge on any atom is 0.295 e. The minimum atomic E-state index is -4.76. The third-order valence-corrected chi connectivity index (χ3v) is 8.01. The van der Waals surface area contributed by atoms with Crippen molar-refractivity contribution in [2.24, 2.45) is 10.2 Å². The molecule has 32 heavy (non-hydrogen) atoms. The summed E-state index contributed by atoms with van der Waals surface area (Å²) in [4.78, 5) is -1.04. The van der Waals surface area contributed by atoms with E-state index < -0.39 is 39.9 Å². The molecule has 0 saturated carbocycles. The van der Waals surface area contributed by atoms with Gasteiger partial charge in [-0.2, -0.15) is 21.9 Å². The summed E-state index contributed by atoms with van der Waals surface area (Å²) in [5.74, 6) is -0.0779. The molecule has 0 aromatic heterocycles. The molecule has 0 aliphatic rings. The predicted octanol–water partition coefficient (Wildman–Crippen LogP) is 3.12. The lowest BCUT2D eigenvalue weighted by atomic mass is 10.1. The van der Waals surface area contributed by atoms with Crippen LogP contribution in [0.4, 0.5) is 17.1 Å². The number of nitrogen functional groups attached to an aromatic ring is 1. The summed E-state index contributed by atoms with van der Waals surface area (Å²) >= 11 is 0. The van der Waals surface area contributed by atoms with Gasteiger partial charge < -0.3 is 5.73 Å². The normalized spacial score (nSPS) is 13.1. The van der Waals surface area contributed by atoms with Gasteiger partial charge in [0.1, 0.15) is 10.6 Å². The quantitative estimate of drug-likeness (QED) is 0.259. The molecule has 0 bridgehead atoms. The lowest BCUT2D eigenvalue weighted by molar-refractivity contribution is 0.482. The first-order valence-electron chi connectivity index (χ1n) is 8.80. The molecule has 0 aliphatic heterocycles. The van der Waals surface area contributed by atoms with Gasteiger partial charge >= 0.3 is 0 Å². The van der Waals surface area contributed by atoms with Crippen LogP contribution in [0.25, 0.3) is 10.8 Å². The van der Waals surface area contributed by atoms with Crippen LogP contribution in [0.2, 0.25) is 0 Å². The Kier molecular flexibility index (Phi) is 6.10. The van der Waals surface area contributed by atoms with E-state index in [1.807, 2.05) is 0 Å². The second-order valence-electron chi connectivity index (χ2n) is 6.56. The van der Waals surface area contributed by atoms with Crippen molar-refractivity contribution in [3.05, 3.63) is 48.5 Å². The molecule has 0 amide bonds. The molecule has 0 radical (unpaired) electrons. The Labute approximate surface area is 184 Å². The van der Waals surface area contributed by atoms with E-state index in [0.29, 0.717) is 0 Å². The van der Waals surface area contributed by atoms with E-state index in [9.17, 15) is 34.4 Å². The van der Waals surface area contributed by atoms with Crippen LogP contribution in [0, 0.1) is 0 Å². The molecule has 0 heterocycles. The molecule has 0 aliphatic carbocycles. The molecule has 14 heteroatoms. The van der Waals surface area contributed by atoms with Crippen LogP contribution >= 0.6 is 0 Å². The maximum atomic E-state index is 11.9. The second kappa shape index (κ2) is 8.22. The molecule has 0 unspecified atom stereocenters. The summed E-state index contributed by atoms with van der Waals surface area (Å²) in [6, 6.07) is 9.35. The molecule has 4 N–H and O–H groups in total. The first kappa shape index (κ1) is 23.7. The van der Waals surface area contributed by atoms with Crippen molar-refractivity contribution >= 4 is 57.9 Å². The fraction of sp³-hybridized carbons (Fsp3) is 0.111. The zero-order valence-corrected chi connectivity index (χ0v) is 18.8. The van der Waals surface area contributed by atoms with Crippen LogP contribution in [0.1, 0.15) is 6.92 Å². The van der Waals surface area contributed by atoms with Crippen molar-refractivity contribution < 1.29 is 34.4 Å². The van der Waals surface area contributed by atoms with Crippen LogP contribution in [0.3, 0.4) is 0 Å². The van der Waals surface area contributed by atoms with Crippen LogP contribution < -0.4 is 5.73 Å². The fourth-order valence-corrected chi connectivity index (χ4v) is 4.94. The van der Waals surface area contributed by atoms with E-state index in [1.54, 1.807) is 0 Å². The SMILES string of the molecule is CCS(=O)(=O)c1ccc(N=Nc2cc(S(=O)(=O)O)c3ccc(S(=O)(=O)O)cc3c2N)cc1. The van der Waals surface area contributed by atoms with Crippen LogP contribution in [0.15, 0.2) is 73.4 Å². The number of rotatable bonds is 6. The van der Waals surface area contributed by atoms with Gasteiger partial charge in [-0.25, -0.2) is 8.42 Å². The lowest BCUT2D eigenvalue weighted by Crippen LogP contribution is -2.03. The summed E-state index contributed by atoms with van der Waals surface area (Å²) in [7, 11) is -12.8. The minimum Gasteiger partial charge on any atom is -0.396 e. The molecule has 3 aromatic carbocycles. The van der Waals surface area contributed by atoms with Gasteiger partial charge in [0.2, 0.25) is 0 Å². The van der Waals surface area contributed by atoms with Crippen molar-refractivity contribution in [3.8, 4) is 0 Å². The fourth-order valence-electron chi connectivity index (χ4n) is 2.83. The highest BCUT2D eigenvalue weighted by atomic mass is 32.2. The van der Waals surface area contributed by atoms with E-state index in [1.165, 1.54) is 31.2 Å². The van der Waals surface area contributed by atoms with Gasteiger partial charge in [-0.05, 0) is 42.5 Å². The van der Waals surface area contributed by atoms with E-state index in [0.717, 1.165) is 24.3 Å². The highest BCUT2D eigenvalue weighted by Crippen LogP contribution is 2.38. The Hall–Kier alpha value is -2.91. The molecule has 11 nitrogen and oxygen atoms in total. The highest BCUT2D eigenvalue weighted by molar-refractivity contribution is 7.91. The van der Waals surface area contributed by atoms with Crippen molar-refractivity contribution in [2.45, 2.75) is 21.6 Å². The Morgan fingerprint density at radius 2 is 1.38 bits per heavy atom. The largest absolute Gasteiger partial charge is 0.396 e. The maximum absolute atomic E-state index is 11.9. The minimum absolute atomic E-state index is 0.0779. The predicted molar refractivity (Wildman–Crippen MR) is 116 cm³/mol. The number of azo groups is 1. The molecule has 3 aromatic rings. The number of hydrogen-bond acceptors (Lipinski definition) is 9. The number of nitrogens with zero attached hydrogens (tertiary/aromatic N) is 2.